The summed E-state index contributed by atoms with van der Waals surface area (Å²) in [6.45, 7) is 0.0254. The summed E-state index contributed by atoms with van der Waals surface area (Å²) in [6, 6.07) is 23.4. The van der Waals surface area contributed by atoms with Crippen LogP contribution in [0, 0.1) is 0 Å². The number of methoxy groups -OCH3 is 2. The number of sulfonamides is 1. The first kappa shape index (κ1) is 21.6. The molecule has 4 rings (SSSR count). The van der Waals surface area contributed by atoms with Gasteiger partial charge in [-0.3, -0.25) is 0 Å². The zero-order chi connectivity index (χ0) is 22.6. The van der Waals surface area contributed by atoms with Crippen LogP contribution in [0.25, 0.3) is 22.8 Å². The van der Waals surface area contributed by atoms with Crippen molar-refractivity contribution in [1.29, 1.82) is 0 Å². The predicted molar refractivity (Wildman–Crippen MR) is 121 cm³/mol. The average molecular weight is 451 g/mol. The Kier molecular flexibility index (Phi) is 6.25. The number of oxazole rings is 1. The minimum atomic E-state index is -4.00. The third kappa shape index (κ3) is 4.66. The highest BCUT2D eigenvalue weighted by Gasteiger charge is 2.27. The summed E-state index contributed by atoms with van der Waals surface area (Å²) in [5.74, 6) is 1.54. The van der Waals surface area contributed by atoms with E-state index in [0.29, 0.717) is 28.2 Å². The summed E-state index contributed by atoms with van der Waals surface area (Å²) in [5.41, 5.74) is 1.98. The topological polar surface area (TPSA) is 90.7 Å². The van der Waals surface area contributed by atoms with Crippen LogP contribution in [0.15, 0.2) is 88.3 Å². The number of nitrogens with zero attached hydrogens (tertiary/aromatic N) is 1. The molecule has 0 saturated carbocycles. The van der Waals surface area contributed by atoms with Gasteiger partial charge in [-0.15, -0.1) is 0 Å². The SMILES string of the molecule is COc1cc(CNS(=O)(=O)c2nc(-c3ccccc3)oc2-c2ccccc2)cc(OC)c1. The summed E-state index contributed by atoms with van der Waals surface area (Å²) < 4.78 is 45.6. The molecule has 1 heterocycles. The fourth-order valence-corrected chi connectivity index (χ4v) is 4.28. The van der Waals surface area contributed by atoms with Gasteiger partial charge in [-0.2, -0.15) is 4.98 Å². The molecule has 0 unspecified atom stereocenters. The van der Waals surface area contributed by atoms with E-state index in [1.54, 1.807) is 30.3 Å². The molecule has 7 nitrogen and oxygen atoms in total. The van der Waals surface area contributed by atoms with Gasteiger partial charge in [0.05, 0.1) is 14.2 Å². The Morgan fingerprint density at radius 1 is 0.844 bits per heavy atom. The van der Waals surface area contributed by atoms with Gasteiger partial charge in [-0.05, 0) is 29.8 Å². The molecule has 0 spiro atoms. The van der Waals surface area contributed by atoms with Crippen molar-refractivity contribution in [3.05, 3.63) is 84.4 Å². The van der Waals surface area contributed by atoms with Crippen LogP contribution in [0.5, 0.6) is 11.5 Å². The molecule has 0 atom stereocenters. The number of hydrogen-bond donors (Lipinski definition) is 1. The third-order valence-corrected chi connectivity index (χ3v) is 6.10. The summed E-state index contributed by atoms with van der Waals surface area (Å²) >= 11 is 0. The molecule has 32 heavy (non-hydrogen) atoms. The van der Waals surface area contributed by atoms with Crippen LogP contribution in [0.4, 0.5) is 0 Å². The maximum absolute atomic E-state index is 13.3. The minimum absolute atomic E-state index is 0.0254. The van der Waals surface area contributed by atoms with E-state index in [-0.39, 0.29) is 23.2 Å². The summed E-state index contributed by atoms with van der Waals surface area (Å²) in [5, 5.41) is -0.169. The lowest BCUT2D eigenvalue weighted by atomic mass is 10.2. The van der Waals surface area contributed by atoms with Gasteiger partial charge >= 0.3 is 0 Å². The van der Waals surface area contributed by atoms with Gasteiger partial charge in [-0.1, -0.05) is 48.5 Å². The normalized spacial score (nSPS) is 11.3. The minimum Gasteiger partial charge on any atom is -0.497 e. The fraction of sp³-hybridized carbons (Fsp3) is 0.125. The predicted octanol–water partition coefficient (Wildman–Crippen LogP) is 4.50. The first-order chi connectivity index (χ1) is 15.5. The van der Waals surface area contributed by atoms with Crippen LogP contribution in [0.3, 0.4) is 0 Å². The van der Waals surface area contributed by atoms with E-state index in [1.807, 2.05) is 48.5 Å². The van der Waals surface area contributed by atoms with Gasteiger partial charge in [0.25, 0.3) is 10.0 Å². The van der Waals surface area contributed by atoms with Crippen LogP contribution >= 0.6 is 0 Å². The molecule has 3 aromatic carbocycles. The van der Waals surface area contributed by atoms with Gasteiger partial charge in [0.2, 0.25) is 10.9 Å². The first-order valence-corrected chi connectivity index (χ1v) is 11.3. The zero-order valence-electron chi connectivity index (χ0n) is 17.6. The highest BCUT2D eigenvalue weighted by molar-refractivity contribution is 7.89. The van der Waals surface area contributed by atoms with E-state index in [4.69, 9.17) is 13.9 Å². The number of hydrogen-bond acceptors (Lipinski definition) is 6. The Bertz CT molecular complexity index is 1280. The number of aromatic nitrogens is 1. The molecule has 0 aliphatic rings. The van der Waals surface area contributed by atoms with Gasteiger partial charge in [0.1, 0.15) is 11.5 Å². The molecular weight excluding hydrogens is 428 g/mol. The Labute approximate surface area is 186 Å². The van der Waals surface area contributed by atoms with Crippen LogP contribution in [0.2, 0.25) is 0 Å². The number of benzene rings is 3. The molecule has 164 valence electrons. The van der Waals surface area contributed by atoms with Crippen LogP contribution in [-0.4, -0.2) is 27.6 Å². The molecule has 4 aromatic rings. The quantitative estimate of drug-likeness (QED) is 0.425. The standard InChI is InChI=1S/C24H22N2O5S/c1-29-20-13-17(14-21(15-20)30-2)16-25-32(27,28)24-22(18-9-5-3-6-10-18)31-23(26-24)19-11-7-4-8-12-19/h3-15,25H,16H2,1-2H3. The van der Waals surface area contributed by atoms with E-state index in [9.17, 15) is 8.42 Å². The Balaban J connectivity index is 1.70. The van der Waals surface area contributed by atoms with Crippen molar-refractivity contribution in [2.45, 2.75) is 11.6 Å². The lowest BCUT2D eigenvalue weighted by molar-refractivity contribution is 0.393. The van der Waals surface area contributed by atoms with Gasteiger partial charge in [0.15, 0.2) is 5.76 Å². The van der Waals surface area contributed by atoms with Crippen molar-refractivity contribution in [2.75, 3.05) is 14.2 Å². The lowest BCUT2D eigenvalue weighted by Crippen LogP contribution is -2.24. The molecule has 1 N–H and O–H groups in total. The zero-order valence-corrected chi connectivity index (χ0v) is 18.4. The third-order valence-electron chi connectivity index (χ3n) is 4.78. The number of nitrogens with one attached hydrogen (secondary N) is 1. The largest absolute Gasteiger partial charge is 0.497 e. The summed E-state index contributed by atoms with van der Waals surface area (Å²) in [7, 11) is -0.926. The molecular formula is C24H22N2O5S. The lowest BCUT2D eigenvalue weighted by Gasteiger charge is -2.10. The highest BCUT2D eigenvalue weighted by atomic mass is 32.2. The van der Waals surface area contributed by atoms with Crippen LogP contribution in [-0.2, 0) is 16.6 Å². The van der Waals surface area contributed by atoms with Crippen molar-refractivity contribution in [1.82, 2.24) is 9.71 Å². The smallest absolute Gasteiger partial charge is 0.262 e. The Hall–Kier alpha value is -3.62. The molecule has 0 aliphatic heterocycles. The van der Waals surface area contributed by atoms with Gasteiger partial charge < -0.3 is 13.9 Å². The maximum Gasteiger partial charge on any atom is 0.262 e. The van der Waals surface area contributed by atoms with E-state index >= 15 is 0 Å². The second kappa shape index (κ2) is 9.25. The van der Waals surface area contributed by atoms with Crippen molar-refractivity contribution in [3.63, 3.8) is 0 Å². The summed E-state index contributed by atoms with van der Waals surface area (Å²) in [6.07, 6.45) is 0. The Morgan fingerprint density at radius 2 is 1.41 bits per heavy atom. The molecule has 8 heteroatoms. The summed E-state index contributed by atoms with van der Waals surface area (Å²) in [4.78, 5) is 4.34. The van der Waals surface area contributed by atoms with Gasteiger partial charge in [0, 0.05) is 23.7 Å². The monoisotopic (exact) mass is 450 g/mol. The van der Waals surface area contributed by atoms with Crippen molar-refractivity contribution >= 4 is 10.0 Å². The second-order valence-electron chi connectivity index (χ2n) is 6.93. The highest BCUT2D eigenvalue weighted by Crippen LogP contribution is 2.32. The van der Waals surface area contributed by atoms with E-state index < -0.39 is 10.0 Å². The second-order valence-corrected chi connectivity index (χ2v) is 8.61. The first-order valence-electron chi connectivity index (χ1n) is 9.83. The number of rotatable bonds is 8. The van der Waals surface area contributed by atoms with E-state index in [0.717, 1.165) is 0 Å². The van der Waals surface area contributed by atoms with Crippen molar-refractivity contribution in [2.24, 2.45) is 0 Å². The number of ether oxygens (including phenoxy) is 2. The van der Waals surface area contributed by atoms with E-state index in [2.05, 4.69) is 9.71 Å². The molecule has 0 radical (unpaired) electrons. The molecule has 0 aliphatic carbocycles. The molecule has 0 bridgehead atoms. The molecule has 0 fully saturated rings. The molecule has 1 aromatic heterocycles. The van der Waals surface area contributed by atoms with Crippen LogP contribution < -0.4 is 14.2 Å². The van der Waals surface area contributed by atoms with Crippen molar-refractivity contribution in [3.8, 4) is 34.3 Å². The fourth-order valence-electron chi connectivity index (χ4n) is 3.18. The maximum atomic E-state index is 13.3. The molecule has 0 saturated heterocycles. The van der Waals surface area contributed by atoms with Gasteiger partial charge in [-0.25, -0.2) is 13.1 Å². The molecule has 0 amide bonds. The van der Waals surface area contributed by atoms with E-state index in [1.165, 1.54) is 14.2 Å². The van der Waals surface area contributed by atoms with Crippen LogP contribution in [0.1, 0.15) is 5.56 Å². The average Bonchev–Trinajstić information content (AvgIpc) is 3.30. The Morgan fingerprint density at radius 3 is 1.97 bits per heavy atom. The van der Waals surface area contributed by atoms with Crippen molar-refractivity contribution < 1.29 is 22.3 Å².